The van der Waals surface area contributed by atoms with Gasteiger partial charge in [-0.05, 0) is 12.8 Å². The van der Waals surface area contributed by atoms with Crippen LogP contribution in [0.3, 0.4) is 0 Å². The average Bonchev–Trinajstić information content (AvgIpc) is 2.90. The van der Waals surface area contributed by atoms with Gasteiger partial charge in [0.2, 0.25) is 11.7 Å². The first-order chi connectivity index (χ1) is 9.95. The number of carbonyl (C=O) groups is 2. The zero-order valence-electron chi connectivity index (χ0n) is 12.4. The Bertz CT molecular complexity index is 505. The minimum absolute atomic E-state index is 0.0858. The molecule has 0 aliphatic carbocycles. The van der Waals surface area contributed by atoms with Crippen molar-refractivity contribution in [2.45, 2.75) is 38.6 Å². The predicted octanol–water partition coefficient (Wildman–Crippen LogP) is -0.392. The van der Waals surface area contributed by atoms with Crippen LogP contribution in [0.5, 0.6) is 0 Å². The van der Waals surface area contributed by atoms with Gasteiger partial charge >= 0.3 is 0 Å². The molecule has 0 radical (unpaired) electrons. The lowest BCUT2D eigenvalue weighted by Gasteiger charge is -2.31. The first-order valence-electron chi connectivity index (χ1n) is 7.19. The molecule has 0 saturated carbocycles. The minimum Gasteiger partial charge on any atom is -0.369 e. The van der Waals surface area contributed by atoms with Crippen molar-refractivity contribution in [1.29, 1.82) is 0 Å². The summed E-state index contributed by atoms with van der Waals surface area (Å²) < 4.78 is 0. The maximum atomic E-state index is 12.1. The molecule has 2 rings (SSSR count). The van der Waals surface area contributed by atoms with Crippen LogP contribution in [-0.4, -0.2) is 57.6 Å². The molecule has 4 N–H and O–H groups in total. The van der Waals surface area contributed by atoms with E-state index in [2.05, 4.69) is 20.5 Å². The average molecular weight is 294 g/mol. The van der Waals surface area contributed by atoms with Crippen molar-refractivity contribution < 1.29 is 9.59 Å². The fraction of sp³-hybridized carbons (Fsp3) is 0.692. The molecular formula is C13H22N6O2. The Hall–Kier alpha value is -1.96. The Morgan fingerprint density at radius 1 is 1.43 bits per heavy atom. The first kappa shape index (κ1) is 15.4. The van der Waals surface area contributed by atoms with Gasteiger partial charge in [0.15, 0.2) is 0 Å². The zero-order valence-corrected chi connectivity index (χ0v) is 12.4. The summed E-state index contributed by atoms with van der Waals surface area (Å²) in [7, 11) is 0. The van der Waals surface area contributed by atoms with Crippen molar-refractivity contribution in [1.82, 2.24) is 25.4 Å². The fourth-order valence-electron chi connectivity index (χ4n) is 2.34. The lowest BCUT2D eigenvalue weighted by Crippen LogP contribution is -2.46. The van der Waals surface area contributed by atoms with Crippen LogP contribution in [0.4, 0.5) is 0 Å². The van der Waals surface area contributed by atoms with Gasteiger partial charge in [0.25, 0.3) is 5.91 Å². The normalized spacial score (nSPS) is 17.1. The summed E-state index contributed by atoms with van der Waals surface area (Å²) in [5.41, 5.74) is 5.17. The quantitative estimate of drug-likeness (QED) is 0.683. The summed E-state index contributed by atoms with van der Waals surface area (Å²) in [5, 5.41) is 9.64. The highest BCUT2D eigenvalue weighted by Gasteiger charge is 2.23. The molecule has 1 aromatic heterocycles. The van der Waals surface area contributed by atoms with Gasteiger partial charge in [0.05, 0.1) is 6.54 Å². The van der Waals surface area contributed by atoms with Crippen LogP contribution in [0, 0.1) is 0 Å². The summed E-state index contributed by atoms with van der Waals surface area (Å²) in [6.07, 6.45) is 1.58. The van der Waals surface area contributed by atoms with Crippen molar-refractivity contribution >= 4 is 11.8 Å². The lowest BCUT2D eigenvalue weighted by molar-refractivity contribution is -0.119. The van der Waals surface area contributed by atoms with E-state index >= 15 is 0 Å². The van der Waals surface area contributed by atoms with Crippen LogP contribution in [-0.2, 0) is 4.79 Å². The third-order valence-corrected chi connectivity index (χ3v) is 3.55. The Balaban J connectivity index is 1.82. The van der Waals surface area contributed by atoms with Gasteiger partial charge in [-0.1, -0.05) is 13.8 Å². The summed E-state index contributed by atoms with van der Waals surface area (Å²) in [4.78, 5) is 29.1. The number of hydrogen-bond acceptors (Lipinski definition) is 5. The van der Waals surface area contributed by atoms with Gasteiger partial charge in [0.1, 0.15) is 5.82 Å². The molecule has 1 saturated heterocycles. The molecule has 1 aliphatic heterocycles. The van der Waals surface area contributed by atoms with Crippen LogP contribution >= 0.6 is 0 Å². The van der Waals surface area contributed by atoms with Crippen LogP contribution in [0.2, 0.25) is 0 Å². The van der Waals surface area contributed by atoms with Crippen molar-refractivity contribution in [2.75, 3.05) is 19.6 Å². The summed E-state index contributed by atoms with van der Waals surface area (Å²) in [6, 6.07) is 0.0858. The number of nitrogens with zero attached hydrogens (tertiary/aromatic N) is 3. The van der Waals surface area contributed by atoms with Crippen molar-refractivity contribution in [2.24, 2.45) is 5.73 Å². The summed E-state index contributed by atoms with van der Waals surface area (Å²) >= 11 is 0. The summed E-state index contributed by atoms with van der Waals surface area (Å²) in [6.45, 7) is 5.74. The van der Waals surface area contributed by atoms with E-state index in [1.807, 2.05) is 18.7 Å². The topological polar surface area (TPSA) is 117 Å². The molecule has 116 valence electrons. The number of hydrogen-bond donors (Lipinski definition) is 3. The molecule has 1 aliphatic rings. The lowest BCUT2D eigenvalue weighted by atomic mass is 10.1. The number of amides is 2. The fourth-order valence-corrected chi connectivity index (χ4v) is 2.34. The maximum Gasteiger partial charge on any atom is 0.291 e. The van der Waals surface area contributed by atoms with Crippen molar-refractivity contribution in [3.8, 4) is 0 Å². The molecular weight excluding hydrogens is 272 g/mol. The predicted molar refractivity (Wildman–Crippen MR) is 76.6 cm³/mol. The van der Waals surface area contributed by atoms with E-state index in [0.717, 1.165) is 25.9 Å². The largest absolute Gasteiger partial charge is 0.369 e. The highest BCUT2D eigenvalue weighted by Crippen LogP contribution is 2.11. The van der Waals surface area contributed by atoms with Crippen LogP contribution in [0.1, 0.15) is 49.1 Å². The van der Waals surface area contributed by atoms with Gasteiger partial charge in [-0.15, -0.1) is 5.10 Å². The SMILES string of the molecule is CC(C)c1nc(C(=O)NC2CCN(CC(N)=O)CC2)n[nH]1. The van der Waals surface area contributed by atoms with E-state index in [-0.39, 0.29) is 36.1 Å². The molecule has 2 heterocycles. The van der Waals surface area contributed by atoms with Gasteiger partial charge < -0.3 is 11.1 Å². The Morgan fingerprint density at radius 3 is 2.62 bits per heavy atom. The van der Waals surface area contributed by atoms with E-state index in [4.69, 9.17) is 5.73 Å². The molecule has 0 bridgehead atoms. The molecule has 0 aromatic carbocycles. The van der Waals surface area contributed by atoms with E-state index in [0.29, 0.717) is 5.82 Å². The third-order valence-electron chi connectivity index (χ3n) is 3.55. The monoisotopic (exact) mass is 294 g/mol. The third kappa shape index (κ3) is 4.25. The number of rotatable bonds is 5. The summed E-state index contributed by atoms with van der Waals surface area (Å²) in [5.74, 6) is 0.511. The molecule has 0 spiro atoms. The van der Waals surface area contributed by atoms with E-state index in [1.165, 1.54) is 0 Å². The molecule has 1 fully saturated rings. The first-order valence-corrected chi connectivity index (χ1v) is 7.19. The Labute approximate surface area is 123 Å². The molecule has 0 atom stereocenters. The smallest absolute Gasteiger partial charge is 0.291 e. The molecule has 1 aromatic rings. The number of nitrogens with two attached hydrogens (primary N) is 1. The molecule has 21 heavy (non-hydrogen) atoms. The molecule has 8 heteroatoms. The second-order valence-corrected chi connectivity index (χ2v) is 5.69. The number of likely N-dealkylation sites (tertiary alicyclic amines) is 1. The van der Waals surface area contributed by atoms with Crippen molar-refractivity contribution in [3.63, 3.8) is 0 Å². The molecule has 8 nitrogen and oxygen atoms in total. The van der Waals surface area contributed by atoms with Crippen molar-refractivity contribution in [3.05, 3.63) is 11.6 Å². The van der Waals surface area contributed by atoms with E-state index in [9.17, 15) is 9.59 Å². The van der Waals surface area contributed by atoms with Crippen LogP contribution in [0.25, 0.3) is 0 Å². The van der Waals surface area contributed by atoms with E-state index in [1.54, 1.807) is 0 Å². The van der Waals surface area contributed by atoms with Crippen LogP contribution in [0.15, 0.2) is 0 Å². The molecule has 2 amide bonds. The zero-order chi connectivity index (χ0) is 15.4. The number of primary amides is 1. The second-order valence-electron chi connectivity index (χ2n) is 5.69. The van der Waals surface area contributed by atoms with E-state index < -0.39 is 0 Å². The second kappa shape index (κ2) is 6.66. The van der Waals surface area contributed by atoms with Gasteiger partial charge in [-0.3, -0.25) is 19.6 Å². The Morgan fingerprint density at radius 2 is 2.10 bits per heavy atom. The minimum atomic E-state index is -0.320. The Kier molecular flexibility index (Phi) is 4.89. The van der Waals surface area contributed by atoms with Gasteiger partial charge in [-0.2, -0.15) is 0 Å². The maximum absolute atomic E-state index is 12.1. The number of aromatic nitrogens is 3. The number of H-pyrrole nitrogens is 1. The number of piperidine rings is 1. The number of nitrogens with one attached hydrogen (secondary N) is 2. The van der Waals surface area contributed by atoms with Gasteiger partial charge in [-0.25, -0.2) is 4.98 Å². The highest BCUT2D eigenvalue weighted by atomic mass is 16.2. The number of aromatic amines is 1. The van der Waals surface area contributed by atoms with Gasteiger partial charge in [0, 0.05) is 25.0 Å². The standard InChI is InChI=1S/C13H22N6O2/c1-8(2)11-16-12(18-17-11)13(21)15-9-3-5-19(6-4-9)7-10(14)20/h8-9H,3-7H2,1-2H3,(H2,14,20)(H,15,21)(H,16,17,18). The molecule has 0 unspecified atom stereocenters. The van der Waals surface area contributed by atoms with Crippen LogP contribution < -0.4 is 11.1 Å². The highest BCUT2D eigenvalue weighted by molar-refractivity contribution is 5.90. The number of carbonyl (C=O) groups excluding carboxylic acids is 2.